The van der Waals surface area contributed by atoms with Crippen LogP contribution in [0.25, 0.3) is 11.1 Å². The standard InChI is InChI=1S/C11H9N3O/c12-5-9-10(6-14-11(9)13)7-1-3-8(15)4-2-7/h1-4,6,14-15H,13H2. The van der Waals surface area contributed by atoms with Crippen molar-refractivity contribution in [3.05, 3.63) is 36.0 Å². The Morgan fingerprint density at radius 2 is 1.93 bits per heavy atom. The highest BCUT2D eigenvalue weighted by Crippen LogP contribution is 2.27. The Morgan fingerprint density at radius 3 is 2.53 bits per heavy atom. The Morgan fingerprint density at radius 1 is 1.27 bits per heavy atom. The van der Waals surface area contributed by atoms with Crippen LogP contribution in [0.4, 0.5) is 5.82 Å². The molecule has 0 aliphatic rings. The minimum atomic E-state index is 0.195. The molecule has 2 rings (SSSR count). The number of nitrogens with zero attached hydrogens (tertiary/aromatic N) is 1. The zero-order valence-corrected chi connectivity index (χ0v) is 7.86. The van der Waals surface area contributed by atoms with Crippen LogP contribution in [0.1, 0.15) is 5.56 Å². The Labute approximate surface area is 86.6 Å². The number of hydrogen-bond acceptors (Lipinski definition) is 3. The van der Waals surface area contributed by atoms with Crippen LogP contribution in [0.5, 0.6) is 5.75 Å². The lowest BCUT2D eigenvalue weighted by Gasteiger charge is -1.98. The van der Waals surface area contributed by atoms with Crippen molar-refractivity contribution in [2.45, 2.75) is 0 Å². The summed E-state index contributed by atoms with van der Waals surface area (Å²) in [6.45, 7) is 0. The number of benzene rings is 1. The van der Waals surface area contributed by atoms with Crippen molar-refractivity contribution < 1.29 is 5.11 Å². The van der Waals surface area contributed by atoms with Crippen LogP contribution in [-0.4, -0.2) is 10.1 Å². The first-order chi connectivity index (χ1) is 7.22. The number of nitrogen functional groups attached to an aromatic ring is 1. The van der Waals surface area contributed by atoms with Crippen LogP contribution >= 0.6 is 0 Å². The quantitative estimate of drug-likeness (QED) is 0.655. The van der Waals surface area contributed by atoms with Gasteiger partial charge in [0.25, 0.3) is 0 Å². The van der Waals surface area contributed by atoms with Gasteiger partial charge in [-0.1, -0.05) is 12.1 Å². The molecular weight excluding hydrogens is 190 g/mol. The molecule has 0 unspecified atom stereocenters. The summed E-state index contributed by atoms with van der Waals surface area (Å²) in [6.07, 6.45) is 1.68. The van der Waals surface area contributed by atoms with Gasteiger partial charge < -0.3 is 15.8 Å². The third kappa shape index (κ3) is 1.51. The number of nitrogens with two attached hydrogens (primary N) is 1. The average molecular weight is 199 g/mol. The molecule has 0 amide bonds. The van der Waals surface area contributed by atoms with Crippen molar-refractivity contribution in [3.63, 3.8) is 0 Å². The van der Waals surface area contributed by atoms with Crippen molar-refractivity contribution >= 4 is 5.82 Å². The first-order valence-electron chi connectivity index (χ1n) is 4.38. The first kappa shape index (κ1) is 9.16. The van der Waals surface area contributed by atoms with Gasteiger partial charge in [-0.15, -0.1) is 0 Å². The molecule has 1 aromatic carbocycles. The van der Waals surface area contributed by atoms with Crippen molar-refractivity contribution in [2.24, 2.45) is 0 Å². The van der Waals surface area contributed by atoms with Gasteiger partial charge in [-0.25, -0.2) is 0 Å². The molecule has 0 spiro atoms. The molecule has 0 saturated carbocycles. The Balaban J connectivity index is 2.55. The zero-order chi connectivity index (χ0) is 10.8. The summed E-state index contributed by atoms with van der Waals surface area (Å²) in [5.74, 6) is 0.557. The van der Waals surface area contributed by atoms with Crippen molar-refractivity contribution in [1.29, 1.82) is 5.26 Å². The van der Waals surface area contributed by atoms with Gasteiger partial charge in [-0.05, 0) is 17.7 Å². The number of phenolic OH excluding ortho intramolecular Hbond substituents is 1. The Hall–Kier alpha value is -2.41. The number of anilines is 1. The molecule has 4 nitrogen and oxygen atoms in total. The van der Waals surface area contributed by atoms with E-state index in [1.54, 1.807) is 30.5 Å². The van der Waals surface area contributed by atoms with E-state index in [1.165, 1.54) is 0 Å². The van der Waals surface area contributed by atoms with E-state index in [0.29, 0.717) is 11.4 Å². The van der Waals surface area contributed by atoms with E-state index < -0.39 is 0 Å². The average Bonchev–Trinajstić information content (AvgIpc) is 2.61. The number of aromatic amines is 1. The van der Waals surface area contributed by atoms with E-state index in [4.69, 9.17) is 16.1 Å². The van der Waals surface area contributed by atoms with Gasteiger partial charge in [-0.3, -0.25) is 0 Å². The lowest BCUT2D eigenvalue weighted by Crippen LogP contribution is -1.87. The van der Waals surface area contributed by atoms with Gasteiger partial charge in [0.2, 0.25) is 0 Å². The number of nitriles is 1. The van der Waals surface area contributed by atoms with Gasteiger partial charge in [0, 0.05) is 11.8 Å². The third-order valence-corrected chi connectivity index (χ3v) is 2.20. The monoisotopic (exact) mass is 199 g/mol. The van der Waals surface area contributed by atoms with E-state index in [9.17, 15) is 0 Å². The maximum absolute atomic E-state index is 9.14. The van der Waals surface area contributed by atoms with Crippen LogP contribution in [0.3, 0.4) is 0 Å². The van der Waals surface area contributed by atoms with E-state index >= 15 is 0 Å². The van der Waals surface area contributed by atoms with Gasteiger partial charge in [-0.2, -0.15) is 5.26 Å². The van der Waals surface area contributed by atoms with Crippen LogP contribution < -0.4 is 5.73 Å². The normalized spacial score (nSPS) is 9.80. The summed E-state index contributed by atoms with van der Waals surface area (Å²) in [7, 11) is 0. The molecule has 0 aliphatic heterocycles. The molecule has 0 bridgehead atoms. The predicted molar refractivity (Wildman–Crippen MR) is 57.0 cm³/mol. The SMILES string of the molecule is N#Cc1c(-c2ccc(O)cc2)c[nH]c1N. The second-order valence-electron chi connectivity index (χ2n) is 3.15. The maximum Gasteiger partial charge on any atom is 0.119 e. The van der Waals surface area contributed by atoms with Gasteiger partial charge in [0.05, 0.1) is 0 Å². The van der Waals surface area contributed by atoms with E-state index in [2.05, 4.69) is 4.98 Å². The van der Waals surface area contributed by atoms with E-state index in [-0.39, 0.29) is 5.75 Å². The highest BCUT2D eigenvalue weighted by molar-refractivity contribution is 5.76. The second-order valence-corrected chi connectivity index (χ2v) is 3.15. The minimum Gasteiger partial charge on any atom is -0.508 e. The molecule has 0 radical (unpaired) electrons. The molecule has 1 aromatic heterocycles. The molecule has 1 heterocycles. The second kappa shape index (κ2) is 3.39. The van der Waals surface area contributed by atoms with Crippen molar-refractivity contribution in [3.8, 4) is 22.9 Å². The molecular formula is C11H9N3O. The van der Waals surface area contributed by atoms with Crippen LogP contribution in [0, 0.1) is 11.3 Å². The van der Waals surface area contributed by atoms with Crippen molar-refractivity contribution in [1.82, 2.24) is 4.98 Å². The fraction of sp³-hybridized carbons (Fsp3) is 0. The lowest BCUT2D eigenvalue weighted by molar-refractivity contribution is 0.475. The molecule has 0 aliphatic carbocycles. The smallest absolute Gasteiger partial charge is 0.119 e. The summed E-state index contributed by atoms with van der Waals surface area (Å²) in [5, 5.41) is 18.0. The maximum atomic E-state index is 9.14. The largest absolute Gasteiger partial charge is 0.508 e. The molecule has 0 atom stereocenters. The molecule has 15 heavy (non-hydrogen) atoms. The molecule has 0 fully saturated rings. The number of hydrogen-bond donors (Lipinski definition) is 3. The topological polar surface area (TPSA) is 85.8 Å². The van der Waals surface area contributed by atoms with E-state index in [1.807, 2.05) is 6.07 Å². The van der Waals surface area contributed by atoms with Gasteiger partial charge in [0.1, 0.15) is 23.2 Å². The predicted octanol–water partition coefficient (Wildman–Crippen LogP) is 1.84. The number of rotatable bonds is 1. The van der Waals surface area contributed by atoms with Crippen LogP contribution in [-0.2, 0) is 0 Å². The lowest BCUT2D eigenvalue weighted by atomic mass is 10.1. The first-order valence-corrected chi connectivity index (χ1v) is 4.38. The third-order valence-electron chi connectivity index (χ3n) is 2.20. The molecule has 0 saturated heterocycles. The fourth-order valence-corrected chi connectivity index (χ4v) is 1.43. The summed E-state index contributed by atoms with van der Waals surface area (Å²) in [4.78, 5) is 2.79. The summed E-state index contributed by atoms with van der Waals surface area (Å²) >= 11 is 0. The number of H-pyrrole nitrogens is 1. The molecule has 4 heteroatoms. The highest BCUT2D eigenvalue weighted by atomic mass is 16.3. The molecule has 74 valence electrons. The Kier molecular flexibility index (Phi) is 2.07. The van der Waals surface area contributed by atoms with Crippen LogP contribution in [0.15, 0.2) is 30.5 Å². The van der Waals surface area contributed by atoms with E-state index in [0.717, 1.165) is 11.1 Å². The molecule has 2 aromatic rings. The number of phenols is 1. The number of aromatic nitrogens is 1. The number of aromatic hydroxyl groups is 1. The summed E-state index contributed by atoms with van der Waals surface area (Å²) in [6, 6.07) is 8.65. The zero-order valence-electron chi connectivity index (χ0n) is 7.86. The molecule has 4 N–H and O–H groups in total. The van der Waals surface area contributed by atoms with Crippen LogP contribution in [0.2, 0.25) is 0 Å². The summed E-state index contributed by atoms with van der Waals surface area (Å²) in [5.41, 5.74) is 7.61. The Bertz CT molecular complexity index is 520. The highest BCUT2D eigenvalue weighted by Gasteiger charge is 2.09. The number of nitrogens with one attached hydrogen (secondary N) is 1. The minimum absolute atomic E-state index is 0.195. The summed E-state index contributed by atoms with van der Waals surface area (Å²) < 4.78 is 0. The van der Waals surface area contributed by atoms with Crippen molar-refractivity contribution in [2.75, 3.05) is 5.73 Å². The van der Waals surface area contributed by atoms with Gasteiger partial charge in [0.15, 0.2) is 0 Å². The fourth-order valence-electron chi connectivity index (χ4n) is 1.43. The van der Waals surface area contributed by atoms with Gasteiger partial charge >= 0.3 is 0 Å².